The number of hydrogen-bond donors (Lipinski definition) is 0. The molecule has 40 heavy (non-hydrogen) atoms. The molecule has 2 nitrogen and oxygen atoms in total. The third-order valence-electron chi connectivity index (χ3n) is 10.3. The Morgan fingerprint density at radius 1 is 0.650 bits per heavy atom. The fourth-order valence-corrected chi connectivity index (χ4v) is 7.40. The Morgan fingerprint density at radius 2 is 1.20 bits per heavy atom. The fourth-order valence-electron chi connectivity index (χ4n) is 7.40. The van der Waals surface area contributed by atoms with E-state index in [1.807, 2.05) is 0 Å². The van der Waals surface area contributed by atoms with Crippen LogP contribution in [0.4, 0.5) is 11.4 Å². The van der Waals surface area contributed by atoms with Gasteiger partial charge in [0.05, 0.1) is 11.4 Å². The molecule has 0 aliphatic carbocycles. The van der Waals surface area contributed by atoms with Crippen LogP contribution < -0.4 is 9.80 Å². The Kier molecular flexibility index (Phi) is 6.03. The Bertz CT molecular complexity index is 1720. The summed E-state index contributed by atoms with van der Waals surface area (Å²) >= 11 is 0. The van der Waals surface area contributed by atoms with Crippen molar-refractivity contribution in [1.29, 1.82) is 0 Å². The monoisotopic (exact) mass is 611 g/mol. The van der Waals surface area contributed by atoms with Crippen molar-refractivity contribution in [2.24, 2.45) is 5.41 Å². The summed E-state index contributed by atoms with van der Waals surface area (Å²) in [5.74, 6) is 0. The van der Waals surface area contributed by atoms with Gasteiger partial charge in [-0.05, 0) is 41.5 Å². The number of rotatable bonds is 0. The topological polar surface area (TPSA) is 6.48 Å². The molecule has 1 atom stereocenters. The zero-order chi connectivity index (χ0) is 27.4. The molecule has 0 amide bonds. The molecule has 7 rings (SSSR count). The molecule has 203 valence electrons. The number of fused-ring (bicyclic) bond motifs is 11. The molecule has 0 spiro atoms. The zero-order valence-corrected chi connectivity index (χ0v) is 26.5. The van der Waals surface area contributed by atoms with Gasteiger partial charge in [0.25, 0.3) is 0 Å². The van der Waals surface area contributed by atoms with Gasteiger partial charge in [0.1, 0.15) is 6.17 Å². The van der Waals surface area contributed by atoms with E-state index in [0.717, 1.165) is 0 Å². The van der Waals surface area contributed by atoms with Gasteiger partial charge in [-0.1, -0.05) is 114 Å². The Hall–Kier alpha value is -3.16. The van der Waals surface area contributed by atoms with Crippen LogP contribution >= 0.6 is 0 Å². The molecule has 4 aromatic rings. The molecule has 1 radical (unpaired) electrons. The van der Waals surface area contributed by atoms with E-state index in [1.54, 1.807) is 0 Å². The van der Waals surface area contributed by atoms with Crippen molar-refractivity contribution in [3.63, 3.8) is 0 Å². The zero-order valence-electron chi connectivity index (χ0n) is 24.8. The molecule has 0 bridgehead atoms. The molecule has 3 aliphatic rings. The smallest absolute Gasteiger partial charge is 0.344 e. The quantitative estimate of drug-likeness (QED) is 0.145. The van der Waals surface area contributed by atoms with Crippen molar-refractivity contribution in [3.05, 3.63) is 112 Å². The van der Waals surface area contributed by atoms with E-state index in [0.29, 0.717) is 0 Å². The second-order valence-electron chi connectivity index (χ2n) is 12.7. The molecule has 0 saturated heterocycles. The van der Waals surface area contributed by atoms with Gasteiger partial charge in [-0.25, -0.2) is 0 Å². The number of hydrogen-bond acceptors (Lipinski definition) is 2. The summed E-state index contributed by atoms with van der Waals surface area (Å²) in [7, 11) is 0. The van der Waals surface area contributed by atoms with Crippen molar-refractivity contribution in [2.45, 2.75) is 67.0 Å². The van der Waals surface area contributed by atoms with Crippen molar-refractivity contribution in [1.82, 2.24) is 0 Å². The molecule has 0 unspecified atom stereocenters. The summed E-state index contributed by atoms with van der Waals surface area (Å²) in [5.41, 5.74) is 17.0. The molecule has 0 N–H and O–H groups in total. The van der Waals surface area contributed by atoms with Crippen LogP contribution in [0.5, 0.6) is 0 Å². The number of nitrogens with zero attached hydrogens (tertiary/aromatic N) is 2. The summed E-state index contributed by atoms with van der Waals surface area (Å²) in [5, 5.41) is 0. The van der Waals surface area contributed by atoms with Gasteiger partial charge in [-0.3, -0.25) is 0 Å². The molecule has 0 fully saturated rings. The van der Waals surface area contributed by atoms with E-state index >= 15 is 0 Å². The molecule has 3 heterocycles. The minimum atomic E-state index is -0.136. The maximum atomic E-state index is 3.59. The van der Waals surface area contributed by atoms with Gasteiger partial charge >= 0.3 is 19.5 Å². The van der Waals surface area contributed by atoms with E-state index < -0.39 is 0 Å². The molecular formula is C37H37N2Ru. The van der Waals surface area contributed by atoms with Crippen LogP contribution in [0, 0.1) is 32.3 Å². The first-order valence-corrected chi connectivity index (χ1v) is 14.2. The van der Waals surface area contributed by atoms with E-state index in [1.165, 1.54) is 72.8 Å². The van der Waals surface area contributed by atoms with Crippen LogP contribution in [0.1, 0.15) is 62.4 Å². The third kappa shape index (κ3) is 3.25. The SMILES string of the molecule is Cc1[c-]cc2c(c1C)N1C(=C3c4ccccc4-c4ccccc4-c4cccc(C)c4N3[C@H]1C)C(C)(C)C2(C)C.[Ru+]. The first kappa shape index (κ1) is 27.0. The third-order valence-corrected chi connectivity index (χ3v) is 10.3. The van der Waals surface area contributed by atoms with E-state index in [2.05, 4.69) is 144 Å². The molecule has 0 aromatic heterocycles. The molecular weight excluding hydrogens is 573 g/mol. The second-order valence-corrected chi connectivity index (χ2v) is 12.7. The summed E-state index contributed by atoms with van der Waals surface area (Å²) in [6, 6.07) is 30.7. The predicted octanol–water partition coefficient (Wildman–Crippen LogP) is 9.42. The number of allylic oxidation sites excluding steroid dienone is 1. The molecule has 3 aliphatic heterocycles. The van der Waals surface area contributed by atoms with Crippen LogP contribution in [-0.2, 0) is 24.9 Å². The summed E-state index contributed by atoms with van der Waals surface area (Å²) in [6.45, 7) is 18.9. The van der Waals surface area contributed by atoms with Gasteiger partial charge in [-0.2, -0.15) is 17.7 Å². The summed E-state index contributed by atoms with van der Waals surface area (Å²) in [6.07, 6.45) is 0.114. The van der Waals surface area contributed by atoms with Gasteiger partial charge in [0.2, 0.25) is 0 Å². The van der Waals surface area contributed by atoms with Gasteiger partial charge < -0.3 is 9.80 Å². The fraction of sp³-hybridized carbons (Fsp3) is 0.297. The normalized spacial score (nSPS) is 19.2. The van der Waals surface area contributed by atoms with E-state index in [-0.39, 0.29) is 36.5 Å². The summed E-state index contributed by atoms with van der Waals surface area (Å²) < 4.78 is 0. The Morgan fingerprint density at radius 3 is 1.85 bits per heavy atom. The minimum Gasteiger partial charge on any atom is -0.344 e. The number of anilines is 2. The largest absolute Gasteiger partial charge is 1.00 e. The van der Waals surface area contributed by atoms with Crippen molar-refractivity contribution in [2.75, 3.05) is 9.80 Å². The molecule has 3 heteroatoms. The maximum absolute atomic E-state index is 3.59. The minimum absolute atomic E-state index is 0. The van der Waals surface area contributed by atoms with Gasteiger partial charge in [-0.15, -0.1) is 11.1 Å². The second kappa shape index (κ2) is 8.92. The molecule has 4 aromatic carbocycles. The van der Waals surface area contributed by atoms with Gasteiger partial charge in [0, 0.05) is 22.2 Å². The van der Waals surface area contributed by atoms with E-state index in [4.69, 9.17) is 0 Å². The van der Waals surface area contributed by atoms with E-state index in [9.17, 15) is 0 Å². The predicted molar refractivity (Wildman–Crippen MR) is 165 cm³/mol. The first-order valence-electron chi connectivity index (χ1n) is 14.2. The summed E-state index contributed by atoms with van der Waals surface area (Å²) in [4.78, 5) is 5.34. The van der Waals surface area contributed by atoms with Crippen molar-refractivity contribution >= 4 is 17.1 Å². The average Bonchev–Trinajstić information content (AvgIpc) is 3.21. The van der Waals surface area contributed by atoms with Crippen molar-refractivity contribution < 1.29 is 19.5 Å². The maximum Gasteiger partial charge on any atom is 1.00 e. The van der Waals surface area contributed by atoms with Crippen LogP contribution in [0.2, 0.25) is 0 Å². The van der Waals surface area contributed by atoms with Crippen LogP contribution in [0.15, 0.2) is 78.5 Å². The van der Waals surface area contributed by atoms with Crippen LogP contribution in [-0.4, -0.2) is 6.17 Å². The van der Waals surface area contributed by atoms with Crippen molar-refractivity contribution in [3.8, 4) is 22.3 Å². The first-order chi connectivity index (χ1) is 18.6. The average molecular weight is 611 g/mol. The van der Waals surface area contributed by atoms with Crippen LogP contribution in [0.25, 0.3) is 28.0 Å². The molecule has 0 saturated carbocycles. The Labute approximate surface area is 252 Å². The van der Waals surface area contributed by atoms with Crippen LogP contribution in [0.3, 0.4) is 0 Å². The Balaban J connectivity index is 0.00000289. The van der Waals surface area contributed by atoms with Gasteiger partial charge in [0.15, 0.2) is 0 Å². The number of para-hydroxylation sites is 1. The number of aryl methyl sites for hydroxylation is 2. The number of benzene rings is 4. The standard InChI is InChI=1S/C37H37N2.Ru/c1-22-20-21-31-33(24(22)3)39-25(4)38-32-23(2)14-13-19-29(32)27-16-10-9-15-26(27)28-17-11-12-18-30(28)34(38)35(39)37(7,8)36(31,5)6;/h9-19,21,25H,1-8H3;/q-1;+1/t25-;/m1./s1.